The molecule has 0 amide bonds. The summed E-state index contributed by atoms with van der Waals surface area (Å²) < 4.78 is 0.916. The quantitative estimate of drug-likeness (QED) is 0.855. The number of aromatic nitrogens is 2. The van der Waals surface area contributed by atoms with Gasteiger partial charge in [-0.1, -0.05) is 0 Å². The van der Waals surface area contributed by atoms with Gasteiger partial charge >= 0.3 is 0 Å². The third-order valence-electron chi connectivity index (χ3n) is 3.23. The number of anilines is 1. The number of nitrogens with one attached hydrogen (secondary N) is 2. The Hall–Kier alpha value is -0.680. The highest BCUT2D eigenvalue weighted by molar-refractivity contribution is 9.10. The summed E-state index contributed by atoms with van der Waals surface area (Å²) in [6.07, 6.45) is 7.35. The predicted octanol–water partition coefficient (Wildman–Crippen LogP) is 1.54. The first-order valence-corrected chi connectivity index (χ1v) is 6.11. The van der Waals surface area contributed by atoms with Crippen LogP contribution in [-0.2, 0) is 0 Å². The van der Waals surface area contributed by atoms with E-state index >= 15 is 0 Å². The highest BCUT2D eigenvalue weighted by Gasteiger charge is 2.39. The summed E-state index contributed by atoms with van der Waals surface area (Å²) >= 11 is 3.33. The van der Waals surface area contributed by atoms with Gasteiger partial charge in [0.05, 0.1) is 4.47 Å². The highest BCUT2D eigenvalue weighted by Crippen LogP contribution is 2.29. The van der Waals surface area contributed by atoms with Crippen LogP contribution >= 0.6 is 15.9 Å². The van der Waals surface area contributed by atoms with Crippen LogP contribution in [0, 0.1) is 0 Å². The van der Waals surface area contributed by atoms with Crippen LogP contribution in [-0.4, -0.2) is 28.1 Å². The van der Waals surface area contributed by atoms with Crippen LogP contribution in [0.4, 0.5) is 5.95 Å². The summed E-state index contributed by atoms with van der Waals surface area (Å²) in [5, 5.41) is 6.98. The molecule has 0 aromatic carbocycles. The predicted molar refractivity (Wildman–Crippen MR) is 61.7 cm³/mol. The molecule has 3 atom stereocenters. The molecule has 15 heavy (non-hydrogen) atoms. The third kappa shape index (κ3) is 1.86. The van der Waals surface area contributed by atoms with Gasteiger partial charge in [0.2, 0.25) is 5.95 Å². The Morgan fingerprint density at radius 3 is 2.73 bits per heavy atom. The first kappa shape index (κ1) is 9.54. The summed E-state index contributed by atoms with van der Waals surface area (Å²) in [5.74, 6) is 0.734. The van der Waals surface area contributed by atoms with E-state index in [1.54, 1.807) is 12.4 Å². The largest absolute Gasteiger partial charge is 0.350 e. The molecule has 3 unspecified atom stereocenters. The lowest BCUT2D eigenvalue weighted by atomic mass is 9.96. The molecule has 2 bridgehead atoms. The van der Waals surface area contributed by atoms with Crippen molar-refractivity contribution in [3.63, 3.8) is 0 Å². The Morgan fingerprint density at radius 2 is 2.13 bits per heavy atom. The smallest absolute Gasteiger partial charge is 0.222 e. The van der Waals surface area contributed by atoms with Crippen LogP contribution in [0.2, 0.25) is 0 Å². The minimum absolute atomic E-state index is 0.505. The van der Waals surface area contributed by atoms with Crippen LogP contribution in [0.1, 0.15) is 19.3 Å². The average Bonchev–Trinajstić information content (AvgIpc) is 2.83. The number of halogens is 1. The second kappa shape index (κ2) is 3.72. The third-order valence-corrected chi connectivity index (χ3v) is 3.64. The van der Waals surface area contributed by atoms with Crippen molar-refractivity contribution in [3.05, 3.63) is 16.9 Å². The number of hydrogen-bond donors (Lipinski definition) is 2. The molecular weight excluding hydrogens is 256 g/mol. The van der Waals surface area contributed by atoms with Gasteiger partial charge in [0.15, 0.2) is 0 Å². The number of fused-ring (bicyclic) bond motifs is 2. The molecule has 1 aromatic heterocycles. The maximum atomic E-state index is 4.23. The lowest BCUT2D eigenvalue weighted by Gasteiger charge is -2.21. The van der Waals surface area contributed by atoms with Gasteiger partial charge in [0, 0.05) is 30.5 Å². The molecule has 4 nitrogen and oxygen atoms in total. The van der Waals surface area contributed by atoms with Crippen molar-refractivity contribution in [2.75, 3.05) is 5.32 Å². The van der Waals surface area contributed by atoms with Crippen LogP contribution in [0.15, 0.2) is 16.9 Å². The van der Waals surface area contributed by atoms with Gasteiger partial charge in [-0.25, -0.2) is 9.97 Å². The first-order chi connectivity index (χ1) is 7.31. The lowest BCUT2D eigenvalue weighted by molar-refractivity contribution is 0.525. The van der Waals surface area contributed by atoms with E-state index < -0.39 is 0 Å². The summed E-state index contributed by atoms with van der Waals surface area (Å²) in [4.78, 5) is 8.46. The fourth-order valence-electron chi connectivity index (χ4n) is 2.54. The van der Waals surface area contributed by atoms with Gasteiger partial charge in [0.1, 0.15) is 0 Å². The molecule has 2 fully saturated rings. The summed E-state index contributed by atoms with van der Waals surface area (Å²) in [6, 6.07) is 1.83. The highest BCUT2D eigenvalue weighted by atomic mass is 79.9. The molecule has 2 saturated heterocycles. The van der Waals surface area contributed by atoms with Crippen LogP contribution in [0.5, 0.6) is 0 Å². The van der Waals surface area contributed by atoms with Crippen LogP contribution < -0.4 is 10.6 Å². The minimum Gasteiger partial charge on any atom is -0.350 e. The van der Waals surface area contributed by atoms with E-state index in [1.807, 2.05) is 0 Å². The van der Waals surface area contributed by atoms with E-state index in [0.29, 0.717) is 18.1 Å². The first-order valence-electron chi connectivity index (χ1n) is 5.31. The zero-order valence-corrected chi connectivity index (χ0v) is 9.87. The fraction of sp³-hybridized carbons (Fsp3) is 0.600. The van der Waals surface area contributed by atoms with Crippen molar-refractivity contribution < 1.29 is 0 Å². The van der Waals surface area contributed by atoms with E-state index in [-0.39, 0.29) is 0 Å². The standard InChI is InChI=1S/C10H13BrN4/c11-6-4-12-10(13-5-6)15-9-3-7-1-2-8(9)14-7/h4-5,7-9,14H,1-3H2,(H,12,13,15). The summed E-state index contributed by atoms with van der Waals surface area (Å²) in [7, 11) is 0. The Balaban J connectivity index is 1.68. The Labute approximate surface area is 97.0 Å². The molecule has 0 radical (unpaired) electrons. The summed E-state index contributed by atoms with van der Waals surface area (Å²) in [5.41, 5.74) is 0. The van der Waals surface area contributed by atoms with Gasteiger partial charge in [-0.15, -0.1) is 0 Å². The molecule has 2 aliphatic heterocycles. The fourth-order valence-corrected chi connectivity index (χ4v) is 2.74. The molecule has 2 aliphatic rings. The monoisotopic (exact) mass is 268 g/mol. The molecule has 3 rings (SSSR count). The zero-order valence-electron chi connectivity index (χ0n) is 8.28. The van der Waals surface area contributed by atoms with Crippen LogP contribution in [0.3, 0.4) is 0 Å². The molecule has 5 heteroatoms. The van der Waals surface area contributed by atoms with Crippen molar-refractivity contribution in [1.82, 2.24) is 15.3 Å². The second-order valence-electron chi connectivity index (χ2n) is 4.26. The van der Waals surface area contributed by atoms with Gasteiger partial charge in [0.25, 0.3) is 0 Å². The SMILES string of the molecule is Brc1cnc(NC2CC3CCC2N3)nc1. The van der Waals surface area contributed by atoms with Crippen molar-refractivity contribution >= 4 is 21.9 Å². The van der Waals surface area contributed by atoms with E-state index in [0.717, 1.165) is 10.4 Å². The molecule has 0 aliphatic carbocycles. The molecule has 3 heterocycles. The van der Waals surface area contributed by atoms with E-state index in [9.17, 15) is 0 Å². The number of nitrogens with zero attached hydrogens (tertiary/aromatic N) is 2. The Morgan fingerprint density at radius 1 is 1.33 bits per heavy atom. The number of hydrogen-bond acceptors (Lipinski definition) is 4. The van der Waals surface area contributed by atoms with Crippen LogP contribution in [0.25, 0.3) is 0 Å². The topological polar surface area (TPSA) is 49.8 Å². The van der Waals surface area contributed by atoms with Crippen molar-refractivity contribution in [3.8, 4) is 0 Å². The Kier molecular flexibility index (Phi) is 2.36. The minimum atomic E-state index is 0.505. The van der Waals surface area contributed by atoms with Gasteiger partial charge in [-0.2, -0.15) is 0 Å². The maximum Gasteiger partial charge on any atom is 0.222 e. The summed E-state index contributed by atoms with van der Waals surface area (Å²) in [6.45, 7) is 0. The van der Waals surface area contributed by atoms with Gasteiger partial charge < -0.3 is 10.6 Å². The van der Waals surface area contributed by atoms with Gasteiger partial charge in [-0.05, 0) is 35.2 Å². The molecular formula is C10H13BrN4. The maximum absolute atomic E-state index is 4.23. The zero-order chi connectivity index (χ0) is 10.3. The van der Waals surface area contributed by atoms with Crippen molar-refractivity contribution in [1.29, 1.82) is 0 Å². The second-order valence-corrected chi connectivity index (χ2v) is 5.17. The number of rotatable bonds is 2. The molecule has 0 saturated carbocycles. The molecule has 1 aromatic rings. The van der Waals surface area contributed by atoms with E-state index in [2.05, 4.69) is 36.5 Å². The van der Waals surface area contributed by atoms with Crippen molar-refractivity contribution in [2.24, 2.45) is 0 Å². The molecule has 2 N–H and O–H groups in total. The van der Waals surface area contributed by atoms with E-state index in [4.69, 9.17) is 0 Å². The normalized spacial score (nSPS) is 33.3. The Bertz CT molecular complexity index is 353. The van der Waals surface area contributed by atoms with Crippen molar-refractivity contribution in [2.45, 2.75) is 37.4 Å². The molecule has 80 valence electrons. The van der Waals surface area contributed by atoms with Gasteiger partial charge in [-0.3, -0.25) is 0 Å². The molecule has 0 spiro atoms. The lowest BCUT2D eigenvalue weighted by Crippen LogP contribution is -2.33. The van der Waals surface area contributed by atoms with E-state index in [1.165, 1.54) is 19.3 Å². The average molecular weight is 269 g/mol.